The third-order valence-electron chi connectivity index (χ3n) is 5.66. The number of carbonyl (C=O) groups is 2. The first kappa shape index (κ1) is 27.5. The standard InChI is InChI=1S/C26H27Cl2N3O4S/c1-18-7-13-24(14-8-18)36(34,35)31(23-11-9-21(27)10-12-23)17-25(32)30(19(2)26(33)29-3)16-20-5-4-6-22(28)15-20/h4-15,19H,16-17H2,1-3H3,(H,29,33). The lowest BCUT2D eigenvalue weighted by atomic mass is 10.1. The maximum atomic E-state index is 13.7. The molecule has 3 aromatic carbocycles. The molecule has 0 heterocycles. The van der Waals surface area contributed by atoms with Crippen LogP contribution < -0.4 is 9.62 Å². The summed E-state index contributed by atoms with van der Waals surface area (Å²) in [5, 5.41) is 3.45. The highest BCUT2D eigenvalue weighted by molar-refractivity contribution is 7.92. The number of amides is 2. The second kappa shape index (κ2) is 11.8. The normalized spacial score (nSPS) is 12.0. The van der Waals surface area contributed by atoms with Crippen molar-refractivity contribution in [2.75, 3.05) is 17.9 Å². The average Bonchev–Trinajstić information content (AvgIpc) is 2.85. The summed E-state index contributed by atoms with van der Waals surface area (Å²) in [5.74, 6) is -0.943. The first-order valence-corrected chi connectivity index (χ1v) is 13.3. The smallest absolute Gasteiger partial charge is 0.264 e. The van der Waals surface area contributed by atoms with Gasteiger partial charge in [-0.3, -0.25) is 13.9 Å². The van der Waals surface area contributed by atoms with E-state index >= 15 is 0 Å². The lowest BCUT2D eigenvalue weighted by molar-refractivity contribution is -0.139. The Morgan fingerprint density at radius 2 is 1.58 bits per heavy atom. The minimum atomic E-state index is -4.12. The Bertz CT molecular complexity index is 1330. The number of hydrogen-bond acceptors (Lipinski definition) is 4. The van der Waals surface area contributed by atoms with E-state index in [1.165, 1.54) is 36.2 Å². The van der Waals surface area contributed by atoms with Gasteiger partial charge in [0.25, 0.3) is 10.0 Å². The minimum Gasteiger partial charge on any atom is -0.357 e. The zero-order valence-corrected chi connectivity index (χ0v) is 22.4. The number of likely N-dealkylation sites (N-methyl/N-ethyl adjacent to an activating group) is 1. The van der Waals surface area contributed by atoms with Crippen molar-refractivity contribution < 1.29 is 18.0 Å². The average molecular weight is 548 g/mol. The summed E-state index contributed by atoms with van der Waals surface area (Å²) < 4.78 is 28.4. The van der Waals surface area contributed by atoms with Crippen molar-refractivity contribution in [1.29, 1.82) is 0 Å². The molecule has 0 aliphatic heterocycles. The van der Waals surface area contributed by atoms with Gasteiger partial charge in [-0.1, -0.05) is 53.0 Å². The zero-order valence-electron chi connectivity index (χ0n) is 20.1. The fourth-order valence-electron chi connectivity index (χ4n) is 3.60. The number of rotatable bonds is 9. The molecule has 190 valence electrons. The maximum Gasteiger partial charge on any atom is 0.264 e. The fourth-order valence-corrected chi connectivity index (χ4v) is 5.35. The maximum absolute atomic E-state index is 13.7. The molecule has 1 atom stereocenters. The van der Waals surface area contributed by atoms with Gasteiger partial charge in [-0.25, -0.2) is 8.42 Å². The molecule has 10 heteroatoms. The molecule has 36 heavy (non-hydrogen) atoms. The van der Waals surface area contributed by atoms with Gasteiger partial charge in [0.15, 0.2) is 0 Å². The van der Waals surface area contributed by atoms with E-state index < -0.39 is 28.5 Å². The Hall–Kier alpha value is -3.07. The van der Waals surface area contributed by atoms with E-state index in [1.54, 1.807) is 55.5 Å². The summed E-state index contributed by atoms with van der Waals surface area (Å²) in [6, 6.07) is 18.6. The van der Waals surface area contributed by atoms with Crippen LogP contribution in [0.15, 0.2) is 77.7 Å². The summed E-state index contributed by atoms with van der Waals surface area (Å²) in [4.78, 5) is 27.5. The summed E-state index contributed by atoms with van der Waals surface area (Å²) in [5.41, 5.74) is 1.87. The van der Waals surface area contributed by atoms with E-state index in [4.69, 9.17) is 23.2 Å². The zero-order chi connectivity index (χ0) is 26.5. The monoisotopic (exact) mass is 547 g/mol. The van der Waals surface area contributed by atoms with Crippen molar-refractivity contribution in [1.82, 2.24) is 10.2 Å². The lowest BCUT2D eigenvalue weighted by Crippen LogP contribution is -2.50. The van der Waals surface area contributed by atoms with E-state index in [9.17, 15) is 18.0 Å². The van der Waals surface area contributed by atoms with Crippen molar-refractivity contribution in [3.8, 4) is 0 Å². The van der Waals surface area contributed by atoms with Crippen molar-refractivity contribution in [2.24, 2.45) is 0 Å². The Morgan fingerprint density at radius 1 is 0.944 bits per heavy atom. The molecule has 1 N–H and O–H groups in total. The molecule has 0 aliphatic carbocycles. The molecule has 0 saturated heterocycles. The van der Waals surface area contributed by atoms with Crippen molar-refractivity contribution in [3.05, 3.63) is 94.0 Å². The Balaban J connectivity index is 2.02. The van der Waals surface area contributed by atoms with Crippen LogP contribution in [0.2, 0.25) is 10.0 Å². The molecule has 0 saturated carbocycles. The van der Waals surface area contributed by atoms with Crippen LogP contribution in [0.5, 0.6) is 0 Å². The molecular weight excluding hydrogens is 521 g/mol. The second-order valence-electron chi connectivity index (χ2n) is 8.24. The first-order chi connectivity index (χ1) is 17.0. The van der Waals surface area contributed by atoms with Gasteiger partial charge in [0, 0.05) is 23.6 Å². The number of hydrogen-bond donors (Lipinski definition) is 1. The van der Waals surface area contributed by atoms with Gasteiger partial charge in [-0.05, 0) is 67.9 Å². The second-order valence-corrected chi connectivity index (χ2v) is 11.0. The van der Waals surface area contributed by atoms with Crippen molar-refractivity contribution in [2.45, 2.75) is 31.3 Å². The van der Waals surface area contributed by atoms with Crippen LogP contribution in [0.25, 0.3) is 0 Å². The quantitative estimate of drug-likeness (QED) is 0.422. The van der Waals surface area contributed by atoms with Crippen LogP contribution in [0.1, 0.15) is 18.1 Å². The predicted octanol–water partition coefficient (Wildman–Crippen LogP) is 4.66. The number of halogens is 2. The highest BCUT2D eigenvalue weighted by Gasteiger charge is 2.32. The number of benzene rings is 3. The molecule has 1 unspecified atom stereocenters. The topological polar surface area (TPSA) is 86.8 Å². The van der Waals surface area contributed by atoms with Gasteiger partial charge in [-0.2, -0.15) is 0 Å². The molecule has 2 amide bonds. The molecule has 0 fully saturated rings. The first-order valence-electron chi connectivity index (χ1n) is 11.1. The Kier molecular flexibility index (Phi) is 9.00. The van der Waals surface area contributed by atoms with E-state index in [0.717, 1.165) is 9.87 Å². The van der Waals surface area contributed by atoms with Crippen LogP contribution in [-0.2, 0) is 26.2 Å². The third-order valence-corrected chi connectivity index (χ3v) is 7.93. The van der Waals surface area contributed by atoms with Crippen LogP contribution in [0.3, 0.4) is 0 Å². The highest BCUT2D eigenvalue weighted by atomic mass is 35.5. The number of carbonyl (C=O) groups excluding carboxylic acids is 2. The fraction of sp³-hybridized carbons (Fsp3) is 0.231. The Labute approximate surface area is 221 Å². The van der Waals surface area contributed by atoms with Gasteiger partial charge in [0.2, 0.25) is 11.8 Å². The van der Waals surface area contributed by atoms with Crippen LogP contribution >= 0.6 is 23.2 Å². The summed E-state index contributed by atoms with van der Waals surface area (Å²) in [6.45, 7) is 2.97. The Morgan fingerprint density at radius 3 is 2.17 bits per heavy atom. The molecule has 0 aliphatic rings. The van der Waals surface area contributed by atoms with Crippen LogP contribution in [0, 0.1) is 6.92 Å². The molecule has 0 radical (unpaired) electrons. The van der Waals surface area contributed by atoms with E-state index in [0.29, 0.717) is 15.6 Å². The molecule has 0 bridgehead atoms. The van der Waals surface area contributed by atoms with E-state index in [1.807, 2.05) is 6.92 Å². The van der Waals surface area contributed by atoms with Crippen molar-refractivity contribution >= 4 is 50.7 Å². The lowest BCUT2D eigenvalue weighted by Gasteiger charge is -2.31. The number of anilines is 1. The molecule has 0 spiro atoms. The highest BCUT2D eigenvalue weighted by Crippen LogP contribution is 2.26. The van der Waals surface area contributed by atoms with Gasteiger partial charge in [0.05, 0.1) is 10.6 Å². The van der Waals surface area contributed by atoms with E-state index in [-0.39, 0.29) is 23.0 Å². The SMILES string of the molecule is CNC(=O)C(C)N(Cc1cccc(Cl)c1)C(=O)CN(c1ccc(Cl)cc1)S(=O)(=O)c1ccc(C)cc1. The van der Waals surface area contributed by atoms with Crippen molar-refractivity contribution in [3.63, 3.8) is 0 Å². The van der Waals surface area contributed by atoms with Gasteiger partial charge in [-0.15, -0.1) is 0 Å². The molecule has 3 rings (SSSR count). The largest absolute Gasteiger partial charge is 0.357 e. The summed E-state index contributed by atoms with van der Waals surface area (Å²) in [6.07, 6.45) is 0. The number of sulfonamides is 1. The molecule has 0 aromatic heterocycles. The third kappa shape index (κ3) is 6.57. The van der Waals surface area contributed by atoms with Gasteiger partial charge in [0.1, 0.15) is 12.6 Å². The van der Waals surface area contributed by atoms with Gasteiger partial charge < -0.3 is 10.2 Å². The summed E-state index contributed by atoms with van der Waals surface area (Å²) in [7, 11) is -2.65. The number of nitrogens with zero attached hydrogens (tertiary/aromatic N) is 2. The minimum absolute atomic E-state index is 0.0385. The van der Waals surface area contributed by atoms with Crippen LogP contribution in [0.4, 0.5) is 5.69 Å². The van der Waals surface area contributed by atoms with E-state index in [2.05, 4.69) is 5.32 Å². The number of nitrogens with one attached hydrogen (secondary N) is 1. The number of aryl methyl sites for hydroxylation is 1. The predicted molar refractivity (Wildman–Crippen MR) is 143 cm³/mol. The molecule has 7 nitrogen and oxygen atoms in total. The van der Waals surface area contributed by atoms with Crippen LogP contribution in [-0.4, -0.2) is 44.8 Å². The molecular formula is C26H27Cl2N3O4S. The molecule has 3 aromatic rings. The summed E-state index contributed by atoms with van der Waals surface area (Å²) >= 11 is 12.1. The van der Waals surface area contributed by atoms with Gasteiger partial charge >= 0.3 is 0 Å².